The number of piperidine rings is 1. The van der Waals surface area contributed by atoms with Gasteiger partial charge >= 0.3 is 0 Å². The summed E-state index contributed by atoms with van der Waals surface area (Å²) in [5, 5.41) is 8.19. The Kier molecular flexibility index (Phi) is 5.54. The molecular weight excluding hydrogens is 318 g/mol. The van der Waals surface area contributed by atoms with Gasteiger partial charge in [-0.15, -0.1) is 5.10 Å². The number of anilines is 1. The molecule has 1 aromatic heterocycles. The Morgan fingerprint density at radius 1 is 1.32 bits per heavy atom. The molecule has 2 saturated heterocycles. The maximum absolute atomic E-state index is 13.2. The topological polar surface area (TPSA) is 61.8 Å². The molecule has 7 nitrogen and oxygen atoms in total. The highest BCUT2D eigenvalue weighted by atomic mass is 16.5. The second-order valence-corrected chi connectivity index (χ2v) is 7.40. The zero-order valence-electron chi connectivity index (χ0n) is 15.5. The zero-order valence-corrected chi connectivity index (χ0v) is 15.5. The Morgan fingerprint density at radius 3 is 2.76 bits per heavy atom. The third kappa shape index (κ3) is 3.93. The van der Waals surface area contributed by atoms with E-state index in [-0.39, 0.29) is 11.9 Å². The molecule has 1 amide bonds. The van der Waals surface area contributed by atoms with Crippen molar-refractivity contribution in [1.82, 2.24) is 20.0 Å². The second-order valence-electron chi connectivity index (χ2n) is 7.40. The summed E-state index contributed by atoms with van der Waals surface area (Å²) in [5.41, 5.74) is -0.507. The molecule has 0 bridgehead atoms. The number of ether oxygens (including phenoxy) is 1. The monoisotopic (exact) mass is 347 g/mol. The number of amides is 1. The van der Waals surface area contributed by atoms with Crippen molar-refractivity contribution in [2.45, 2.75) is 38.3 Å². The molecule has 0 aliphatic carbocycles. The number of hydrogen-bond donors (Lipinski definition) is 0. The number of nitrogens with zero attached hydrogens (tertiary/aromatic N) is 5. The van der Waals surface area contributed by atoms with E-state index >= 15 is 0 Å². The fourth-order valence-electron chi connectivity index (χ4n) is 3.80. The summed E-state index contributed by atoms with van der Waals surface area (Å²) in [6.07, 6.45) is 3.76. The lowest BCUT2D eigenvalue weighted by molar-refractivity contribution is -0.146. The summed E-state index contributed by atoms with van der Waals surface area (Å²) in [6, 6.07) is 4.08. The van der Waals surface area contributed by atoms with Crippen molar-refractivity contribution < 1.29 is 9.53 Å². The van der Waals surface area contributed by atoms with Crippen LogP contribution >= 0.6 is 0 Å². The maximum atomic E-state index is 13.2. The van der Waals surface area contributed by atoms with Gasteiger partial charge in [-0.1, -0.05) is 0 Å². The minimum Gasteiger partial charge on any atom is -0.379 e. The van der Waals surface area contributed by atoms with Crippen LogP contribution in [-0.4, -0.2) is 83.9 Å². The van der Waals surface area contributed by atoms with Crippen LogP contribution in [0.25, 0.3) is 0 Å². The second kappa shape index (κ2) is 7.66. The van der Waals surface area contributed by atoms with Crippen molar-refractivity contribution >= 4 is 11.7 Å². The lowest BCUT2D eigenvalue weighted by Crippen LogP contribution is -2.61. The van der Waals surface area contributed by atoms with Gasteiger partial charge in [-0.2, -0.15) is 5.10 Å². The molecule has 0 N–H and O–H groups in total. The standard InChI is InChI=1S/C18H29N5O2/c1-18(2,23-10-12-25-13-11-23)17(24)21(3)15-6-5-9-22(14-15)16-7-4-8-19-20-16/h4,7-8,15H,5-6,9-14H2,1-3H3. The smallest absolute Gasteiger partial charge is 0.242 e. The Labute approximate surface area is 149 Å². The number of rotatable bonds is 4. The van der Waals surface area contributed by atoms with Crippen LogP contribution in [0.4, 0.5) is 5.82 Å². The first kappa shape index (κ1) is 18.1. The molecule has 1 atom stereocenters. The first-order valence-corrected chi connectivity index (χ1v) is 9.13. The van der Waals surface area contributed by atoms with E-state index < -0.39 is 5.54 Å². The first-order chi connectivity index (χ1) is 12.0. The molecular formula is C18H29N5O2. The van der Waals surface area contributed by atoms with Gasteiger partial charge in [-0.05, 0) is 38.8 Å². The van der Waals surface area contributed by atoms with Crippen molar-refractivity contribution in [3.8, 4) is 0 Å². The fraction of sp³-hybridized carbons (Fsp3) is 0.722. The van der Waals surface area contributed by atoms with Crippen molar-refractivity contribution in [2.24, 2.45) is 0 Å². The molecule has 1 aromatic rings. The summed E-state index contributed by atoms with van der Waals surface area (Å²) < 4.78 is 5.43. The summed E-state index contributed by atoms with van der Waals surface area (Å²) in [5.74, 6) is 1.07. The SMILES string of the molecule is CN(C(=O)C(C)(C)N1CCOCC1)C1CCCN(c2cccnn2)C1. The predicted molar refractivity (Wildman–Crippen MR) is 96.5 cm³/mol. The number of carbonyl (C=O) groups is 1. The van der Waals surface area contributed by atoms with Crippen molar-refractivity contribution in [1.29, 1.82) is 0 Å². The van der Waals surface area contributed by atoms with Crippen LogP contribution in [0.1, 0.15) is 26.7 Å². The Balaban J connectivity index is 1.66. The summed E-state index contributed by atoms with van der Waals surface area (Å²) in [7, 11) is 1.94. The van der Waals surface area contributed by atoms with Gasteiger partial charge in [0, 0.05) is 45.5 Å². The highest BCUT2D eigenvalue weighted by molar-refractivity contribution is 5.85. The molecule has 0 radical (unpaired) electrons. The normalized spacial score (nSPS) is 22.7. The molecule has 138 valence electrons. The predicted octanol–water partition coefficient (Wildman–Crippen LogP) is 1.01. The van der Waals surface area contributed by atoms with E-state index in [2.05, 4.69) is 20.0 Å². The average Bonchev–Trinajstić information content (AvgIpc) is 2.68. The van der Waals surface area contributed by atoms with Gasteiger partial charge in [0.2, 0.25) is 5.91 Å². The van der Waals surface area contributed by atoms with Crippen LogP contribution < -0.4 is 4.90 Å². The van der Waals surface area contributed by atoms with E-state index in [1.807, 2.05) is 37.9 Å². The molecule has 3 rings (SSSR count). The Morgan fingerprint density at radius 2 is 2.08 bits per heavy atom. The highest BCUT2D eigenvalue weighted by Gasteiger charge is 2.40. The van der Waals surface area contributed by atoms with E-state index in [0.717, 1.165) is 44.8 Å². The summed E-state index contributed by atoms with van der Waals surface area (Å²) in [4.78, 5) is 19.6. The average molecular weight is 347 g/mol. The van der Waals surface area contributed by atoms with Gasteiger partial charge in [-0.25, -0.2) is 0 Å². The van der Waals surface area contributed by atoms with Crippen LogP contribution in [0.15, 0.2) is 18.3 Å². The fourth-order valence-corrected chi connectivity index (χ4v) is 3.80. The number of carbonyl (C=O) groups excluding carboxylic acids is 1. The van der Waals surface area contributed by atoms with Gasteiger partial charge < -0.3 is 14.5 Å². The van der Waals surface area contributed by atoms with Gasteiger partial charge in [0.05, 0.1) is 18.8 Å². The Hall–Kier alpha value is -1.73. The maximum Gasteiger partial charge on any atom is 0.242 e. The van der Waals surface area contributed by atoms with E-state index in [1.54, 1.807) is 6.20 Å². The van der Waals surface area contributed by atoms with Crippen molar-refractivity contribution in [2.75, 3.05) is 51.3 Å². The third-order valence-corrected chi connectivity index (χ3v) is 5.47. The lowest BCUT2D eigenvalue weighted by Gasteiger charge is -2.45. The zero-order chi connectivity index (χ0) is 17.9. The first-order valence-electron chi connectivity index (χ1n) is 9.13. The van der Waals surface area contributed by atoms with Crippen molar-refractivity contribution in [3.05, 3.63) is 18.3 Å². The van der Waals surface area contributed by atoms with Gasteiger partial charge in [0.25, 0.3) is 0 Å². The Bertz CT molecular complexity index is 574. The molecule has 0 aromatic carbocycles. The van der Waals surface area contributed by atoms with Gasteiger partial charge in [-0.3, -0.25) is 9.69 Å². The van der Waals surface area contributed by atoms with Crippen molar-refractivity contribution in [3.63, 3.8) is 0 Å². The third-order valence-electron chi connectivity index (χ3n) is 5.47. The number of hydrogen-bond acceptors (Lipinski definition) is 6. The van der Waals surface area contributed by atoms with Gasteiger partial charge in [0.15, 0.2) is 5.82 Å². The molecule has 0 saturated carbocycles. The van der Waals surface area contributed by atoms with Crippen LogP contribution in [0, 0.1) is 0 Å². The summed E-state index contributed by atoms with van der Waals surface area (Å²) >= 11 is 0. The molecule has 7 heteroatoms. The summed E-state index contributed by atoms with van der Waals surface area (Å²) in [6.45, 7) is 8.84. The van der Waals surface area contributed by atoms with Crippen LogP contribution in [-0.2, 0) is 9.53 Å². The molecule has 1 unspecified atom stereocenters. The molecule has 0 spiro atoms. The quantitative estimate of drug-likeness (QED) is 0.810. The van der Waals surface area contributed by atoms with Gasteiger partial charge in [0.1, 0.15) is 0 Å². The molecule has 25 heavy (non-hydrogen) atoms. The lowest BCUT2D eigenvalue weighted by atomic mass is 9.97. The minimum absolute atomic E-state index is 0.181. The molecule has 3 heterocycles. The highest BCUT2D eigenvalue weighted by Crippen LogP contribution is 2.24. The van der Waals surface area contributed by atoms with Crippen LogP contribution in [0.5, 0.6) is 0 Å². The molecule has 2 fully saturated rings. The van der Waals surface area contributed by atoms with E-state index in [0.29, 0.717) is 13.2 Å². The van der Waals surface area contributed by atoms with Crippen LogP contribution in [0.2, 0.25) is 0 Å². The largest absolute Gasteiger partial charge is 0.379 e. The minimum atomic E-state index is -0.507. The number of aromatic nitrogens is 2. The van der Waals surface area contributed by atoms with Crippen LogP contribution in [0.3, 0.4) is 0 Å². The van der Waals surface area contributed by atoms with E-state index in [4.69, 9.17) is 4.74 Å². The molecule has 2 aliphatic rings. The van der Waals surface area contributed by atoms with E-state index in [9.17, 15) is 4.79 Å². The van der Waals surface area contributed by atoms with E-state index in [1.165, 1.54) is 0 Å². The number of morpholine rings is 1. The number of likely N-dealkylation sites (N-methyl/N-ethyl adjacent to an activating group) is 1. The molecule has 2 aliphatic heterocycles.